The number of ether oxygens (including phenoxy) is 2. The number of fused-ring (bicyclic) bond motifs is 3. The van der Waals surface area contributed by atoms with Crippen LogP contribution in [-0.2, 0) is 19.1 Å². The van der Waals surface area contributed by atoms with Crippen LogP contribution in [0.5, 0.6) is 0 Å². The van der Waals surface area contributed by atoms with Crippen LogP contribution in [0.15, 0.2) is 48.5 Å². The summed E-state index contributed by atoms with van der Waals surface area (Å²) in [7, 11) is 0. The van der Waals surface area contributed by atoms with Gasteiger partial charge in [0.15, 0.2) is 0 Å². The van der Waals surface area contributed by atoms with Crippen molar-refractivity contribution in [3.8, 4) is 11.1 Å². The molecule has 0 heterocycles. The molecule has 1 aliphatic rings. The summed E-state index contributed by atoms with van der Waals surface area (Å²) in [5, 5.41) is 7.55. The van der Waals surface area contributed by atoms with Gasteiger partial charge in [0.1, 0.15) is 18.2 Å². The minimum atomic E-state index is -0.974. The number of carbonyl (C=O) groups is 4. The molecule has 198 valence electrons. The summed E-state index contributed by atoms with van der Waals surface area (Å²) < 4.78 is 10.7. The van der Waals surface area contributed by atoms with Crippen molar-refractivity contribution in [2.24, 2.45) is 5.73 Å². The zero-order valence-electron chi connectivity index (χ0n) is 21.3. The molecule has 2 aromatic carbocycles. The second kappa shape index (κ2) is 12.2. The van der Waals surface area contributed by atoms with E-state index >= 15 is 0 Å². The molecular formula is C27H34N4O6. The van der Waals surface area contributed by atoms with Gasteiger partial charge in [-0.2, -0.15) is 0 Å². The highest BCUT2D eigenvalue weighted by molar-refractivity contribution is 5.89. The predicted molar refractivity (Wildman–Crippen MR) is 138 cm³/mol. The first-order valence-corrected chi connectivity index (χ1v) is 12.2. The number of nitrogens with one attached hydrogen (secondary N) is 3. The van der Waals surface area contributed by atoms with Gasteiger partial charge in [-0.3, -0.25) is 9.59 Å². The quantitative estimate of drug-likeness (QED) is 0.361. The van der Waals surface area contributed by atoms with Gasteiger partial charge in [-0.15, -0.1) is 0 Å². The van der Waals surface area contributed by atoms with E-state index in [9.17, 15) is 19.2 Å². The van der Waals surface area contributed by atoms with Crippen LogP contribution in [0.25, 0.3) is 11.1 Å². The fourth-order valence-electron chi connectivity index (χ4n) is 4.16. The molecular weight excluding hydrogens is 476 g/mol. The van der Waals surface area contributed by atoms with Crippen LogP contribution in [0.1, 0.15) is 50.7 Å². The molecule has 1 aliphatic carbocycles. The molecule has 2 aromatic rings. The highest BCUT2D eigenvalue weighted by Gasteiger charge is 2.29. The summed E-state index contributed by atoms with van der Waals surface area (Å²) in [6.45, 7) is 5.15. The summed E-state index contributed by atoms with van der Waals surface area (Å²) in [6, 6.07) is 15.2. The molecule has 37 heavy (non-hydrogen) atoms. The predicted octanol–water partition coefficient (Wildman–Crippen LogP) is 2.80. The molecule has 0 radical (unpaired) electrons. The van der Waals surface area contributed by atoms with Crippen molar-refractivity contribution in [2.75, 3.05) is 19.7 Å². The fourth-order valence-corrected chi connectivity index (χ4v) is 4.16. The summed E-state index contributed by atoms with van der Waals surface area (Å²) in [5.41, 5.74) is 8.86. The molecule has 3 rings (SSSR count). The molecule has 0 bridgehead atoms. The molecule has 5 N–H and O–H groups in total. The third kappa shape index (κ3) is 7.96. The molecule has 0 fully saturated rings. The number of hydrogen-bond acceptors (Lipinski definition) is 6. The number of carbonyl (C=O) groups excluding carboxylic acids is 4. The summed E-state index contributed by atoms with van der Waals surface area (Å²) >= 11 is 0. The van der Waals surface area contributed by atoms with Gasteiger partial charge in [0.25, 0.3) is 0 Å². The Morgan fingerprint density at radius 3 is 2.08 bits per heavy atom. The van der Waals surface area contributed by atoms with Crippen LogP contribution in [-0.4, -0.2) is 55.3 Å². The van der Waals surface area contributed by atoms with Crippen LogP contribution in [0, 0.1) is 0 Å². The minimum Gasteiger partial charge on any atom is -0.449 e. The molecule has 0 spiro atoms. The number of nitrogens with two attached hydrogens (primary N) is 1. The van der Waals surface area contributed by atoms with Crippen molar-refractivity contribution >= 4 is 24.0 Å². The van der Waals surface area contributed by atoms with E-state index in [4.69, 9.17) is 15.2 Å². The SMILES string of the molecule is CC(C)(C)OC(=O)N[C@@H](CCCNC(=O)OCC1c2ccccc2-c2ccccc21)C(=O)NCC(N)=O. The first-order chi connectivity index (χ1) is 17.5. The average Bonchev–Trinajstić information content (AvgIpc) is 3.15. The molecule has 1 atom stereocenters. The van der Waals surface area contributed by atoms with Gasteiger partial charge in [-0.05, 0) is 55.9 Å². The second-order valence-corrected chi connectivity index (χ2v) is 9.78. The van der Waals surface area contributed by atoms with Gasteiger partial charge in [0.2, 0.25) is 11.8 Å². The largest absolute Gasteiger partial charge is 0.449 e. The van der Waals surface area contributed by atoms with Crippen molar-refractivity contribution in [1.29, 1.82) is 0 Å². The highest BCUT2D eigenvalue weighted by Crippen LogP contribution is 2.44. The number of primary amides is 1. The Balaban J connectivity index is 1.48. The average molecular weight is 511 g/mol. The zero-order chi connectivity index (χ0) is 27.0. The standard InChI is InChI=1S/C27H34N4O6/c1-27(2,3)37-26(35)31-22(24(33)30-15-23(28)32)13-8-14-29-25(34)36-16-21-19-11-6-4-9-17(19)18-10-5-7-12-20(18)21/h4-7,9-12,21-22H,8,13-16H2,1-3H3,(H2,28,32)(H,29,34)(H,30,33)(H,31,35)/t22-/m0/s1. The lowest BCUT2D eigenvalue weighted by atomic mass is 9.98. The fraction of sp³-hybridized carbons (Fsp3) is 0.407. The Labute approximate surface area is 216 Å². The molecule has 0 unspecified atom stereocenters. The maximum absolute atomic E-state index is 12.4. The third-order valence-electron chi connectivity index (χ3n) is 5.73. The number of rotatable bonds is 10. The lowest BCUT2D eigenvalue weighted by Crippen LogP contribution is -2.49. The van der Waals surface area contributed by atoms with Gasteiger partial charge in [-0.1, -0.05) is 48.5 Å². The van der Waals surface area contributed by atoms with E-state index in [1.807, 2.05) is 36.4 Å². The van der Waals surface area contributed by atoms with Crippen LogP contribution in [0.4, 0.5) is 9.59 Å². The van der Waals surface area contributed by atoms with E-state index in [1.165, 1.54) is 0 Å². The van der Waals surface area contributed by atoms with E-state index in [0.29, 0.717) is 6.42 Å². The normalized spacial score (nSPS) is 13.1. The van der Waals surface area contributed by atoms with Crippen molar-refractivity contribution < 1.29 is 28.7 Å². The van der Waals surface area contributed by atoms with Crippen molar-refractivity contribution in [3.05, 3.63) is 59.7 Å². The number of benzene rings is 2. The first-order valence-electron chi connectivity index (χ1n) is 12.2. The highest BCUT2D eigenvalue weighted by atomic mass is 16.6. The lowest BCUT2D eigenvalue weighted by Gasteiger charge is -2.23. The molecule has 0 saturated carbocycles. The molecule has 0 aromatic heterocycles. The Morgan fingerprint density at radius 2 is 1.51 bits per heavy atom. The Morgan fingerprint density at radius 1 is 0.919 bits per heavy atom. The van der Waals surface area contributed by atoms with Crippen molar-refractivity contribution in [2.45, 2.75) is 51.2 Å². The van der Waals surface area contributed by atoms with E-state index < -0.39 is 35.6 Å². The van der Waals surface area contributed by atoms with Gasteiger partial charge in [0.05, 0.1) is 6.54 Å². The molecule has 10 heteroatoms. The Kier molecular flexibility index (Phi) is 9.10. The third-order valence-corrected chi connectivity index (χ3v) is 5.73. The monoisotopic (exact) mass is 510 g/mol. The van der Waals surface area contributed by atoms with E-state index in [1.54, 1.807) is 20.8 Å². The van der Waals surface area contributed by atoms with Crippen LogP contribution >= 0.6 is 0 Å². The van der Waals surface area contributed by atoms with Gasteiger partial charge >= 0.3 is 12.2 Å². The maximum atomic E-state index is 12.4. The Bertz CT molecular complexity index is 1100. The minimum absolute atomic E-state index is 0.0467. The number of alkyl carbamates (subject to hydrolysis) is 2. The molecule has 10 nitrogen and oxygen atoms in total. The van der Waals surface area contributed by atoms with Crippen molar-refractivity contribution in [3.63, 3.8) is 0 Å². The zero-order valence-corrected chi connectivity index (χ0v) is 21.3. The summed E-state index contributed by atoms with van der Waals surface area (Å²) in [4.78, 5) is 47.9. The van der Waals surface area contributed by atoms with Gasteiger partial charge in [0, 0.05) is 12.5 Å². The Hall–Kier alpha value is -4.08. The van der Waals surface area contributed by atoms with E-state index in [2.05, 4.69) is 28.1 Å². The van der Waals surface area contributed by atoms with Gasteiger partial charge < -0.3 is 31.2 Å². The summed E-state index contributed by atoms with van der Waals surface area (Å²) in [6.07, 6.45) is -0.796. The number of hydrogen-bond donors (Lipinski definition) is 4. The van der Waals surface area contributed by atoms with Crippen LogP contribution in [0.2, 0.25) is 0 Å². The second-order valence-electron chi connectivity index (χ2n) is 9.78. The summed E-state index contributed by atoms with van der Waals surface area (Å²) in [5.74, 6) is -1.33. The smallest absolute Gasteiger partial charge is 0.408 e. The van der Waals surface area contributed by atoms with Crippen LogP contribution < -0.4 is 21.7 Å². The van der Waals surface area contributed by atoms with Crippen molar-refractivity contribution in [1.82, 2.24) is 16.0 Å². The van der Waals surface area contributed by atoms with E-state index in [-0.39, 0.29) is 32.0 Å². The van der Waals surface area contributed by atoms with E-state index in [0.717, 1.165) is 22.3 Å². The molecule has 0 saturated heterocycles. The maximum Gasteiger partial charge on any atom is 0.408 e. The van der Waals surface area contributed by atoms with Gasteiger partial charge in [-0.25, -0.2) is 9.59 Å². The number of amides is 4. The topological polar surface area (TPSA) is 149 Å². The first kappa shape index (κ1) is 27.5. The molecule has 4 amide bonds. The lowest BCUT2D eigenvalue weighted by molar-refractivity contribution is -0.126. The van der Waals surface area contributed by atoms with Crippen LogP contribution in [0.3, 0.4) is 0 Å². The molecule has 0 aliphatic heterocycles.